The van der Waals surface area contributed by atoms with Crippen LogP contribution in [0.25, 0.3) is 11.0 Å². The van der Waals surface area contributed by atoms with E-state index in [4.69, 9.17) is 0 Å². The van der Waals surface area contributed by atoms with Crippen LogP contribution in [0.15, 0.2) is 18.2 Å². The lowest BCUT2D eigenvalue weighted by Crippen LogP contribution is -2.29. The van der Waals surface area contributed by atoms with Crippen molar-refractivity contribution >= 4 is 28.7 Å². The van der Waals surface area contributed by atoms with Crippen LogP contribution in [0.5, 0.6) is 0 Å². The summed E-state index contributed by atoms with van der Waals surface area (Å²) in [5, 5.41) is 2.54. The number of nitrogens with one attached hydrogen (secondary N) is 1. The van der Waals surface area contributed by atoms with Gasteiger partial charge in [-0.2, -0.15) is 0 Å². The molecular weight excluding hydrogens is 310 g/mol. The summed E-state index contributed by atoms with van der Waals surface area (Å²) < 4.78 is 4.46. The molecule has 0 unspecified atom stereocenters. The molecule has 0 bridgehead atoms. The Hall–Kier alpha value is -2.83. The summed E-state index contributed by atoms with van der Waals surface area (Å²) in [6.07, 6.45) is 0.0457. The number of hydrogen-bond acceptors (Lipinski definition) is 6. The van der Waals surface area contributed by atoms with Gasteiger partial charge in [-0.15, -0.1) is 0 Å². The van der Waals surface area contributed by atoms with Gasteiger partial charge in [-0.3, -0.25) is 14.4 Å². The van der Waals surface area contributed by atoms with Crippen molar-refractivity contribution in [2.24, 2.45) is 0 Å². The molecule has 0 aliphatic rings. The molecule has 126 valence electrons. The number of benzene rings is 1. The van der Waals surface area contributed by atoms with Gasteiger partial charge in [-0.25, -0.2) is 9.97 Å². The Morgan fingerprint density at radius 3 is 2.38 bits per heavy atom. The zero-order chi connectivity index (χ0) is 17.7. The molecule has 0 aliphatic carbocycles. The molecule has 0 saturated carbocycles. The van der Waals surface area contributed by atoms with Gasteiger partial charge in [0.2, 0.25) is 0 Å². The van der Waals surface area contributed by atoms with Gasteiger partial charge in [0.1, 0.15) is 0 Å². The summed E-state index contributed by atoms with van der Waals surface area (Å²) in [7, 11) is 1.26. The molecule has 2 aromatic rings. The molecule has 1 aromatic carbocycles. The number of aromatic nitrogens is 2. The van der Waals surface area contributed by atoms with E-state index >= 15 is 0 Å². The monoisotopic (exact) mass is 329 g/mol. The third-order valence-corrected chi connectivity index (χ3v) is 3.62. The molecule has 0 atom stereocenters. The van der Waals surface area contributed by atoms with Gasteiger partial charge < -0.3 is 10.1 Å². The third kappa shape index (κ3) is 4.34. The predicted molar refractivity (Wildman–Crippen MR) is 87.6 cm³/mol. The lowest BCUT2D eigenvalue weighted by molar-refractivity contribution is -0.141. The number of carbonyl (C=O) groups is 3. The highest BCUT2D eigenvalue weighted by Crippen LogP contribution is 2.14. The lowest BCUT2D eigenvalue weighted by atomic mass is 10.1. The Bertz CT molecular complexity index is 802. The summed E-state index contributed by atoms with van der Waals surface area (Å²) in [5.41, 5.74) is 3.39. The first kappa shape index (κ1) is 17.5. The molecule has 7 heteroatoms. The maximum atomic E-state index is 12.1. The number of hydrogen-bond donors (Lipinski definition) is 1. The number of Topliss-reactive ketones (excluding diaryl/α,β-unsaturated/α-hetero) is 1. The molecule has 0 radical (unpaired) electrons. The first-order valence-electron chi connectivity index (χ1n) is 7.52. The Kier molecular flexibility index (Phi) is 5.57. The van der Waals surface area contributed by atoms with Gasteiger partial charge in [0.15, 0.2) is 5.78 Å². The van der Waals surface area contributed by atoms with Crippen molar-refractivity contribution in [2.75, 3.05) is 13.7 Å². The highest BCUT2D eigenvalue weighted by atomic mass is 16.5. The summed E-state index contributed by atoms with van der Waals surface area (Å²) in [6.45, 7) is 3.60. The van der Waals surface area contributed by atoms with E-state index in [1.807, 2.05) is 13.8 Å². The summed E-state index contributed by atoms with van der Waals surface area (Å²) >= 11 is 0. The average Bonchev–Trinajstić information content (AvgIpc) is 2.58. The number of aryl methyl sites for hydroxylation is 2. The number of ether oxygens (including phenoxy) is 1. The number of rotatable bonds is 6. The van der Waals surface area contributed by atoms with E-state index in [1.54, 1.807) is 18.2 Å². The van der Waals surface area contributed by atoms with Crippen LogP contribution in [-0.2, 0) is 14.3 Å². The Morgan fingerprint density at radius 1 is 1.04 bits per heavy atom. The van der Waals surface area contributed by atoms with E-state index in [2.05, 4.69) is 20.0 Å². The van der Waals surface area contributed by atoms with Crippen molar-refractivity contribution in [3.63, 3.8) is 0 Å². The summed E-state index contributed by atoms with van der Waals surface area (Å²) in [4.78, 5) is 43.6. The number of methoxy groups -OCH3 is 1. The largest absolute Gasteiger partial charge is 0.469 e. The number of esters is 1. The molecule has 1 heterocycles. The molecule has 2 rings (SSSR count). The average molecular weight is 329 g/mol. The van der Waals surface area contributed by atoms with Crippen LogP contribution in [0.1, 0.15) is 34.6 Å². The van der Waals surface area contributed by atoms with Crippen LogP contribution in [0.3, 0.4) is 0 Å². The minimum atomic E-state index is -0.451. The van der Waals surface area contributed by atoms with E-state index in [-0.39, 0.29) is 31.1 Å². The van der Waals surface area contributed by atoms with E-state index < -0.39 is 5.97 Å². The fourth-order valence-corrected chi connectivity index (χ4v) is 2.08. The molecule has 1 amide bonds. The second-order valence-electron chi connectivity index (χ2n) is 5.40. The topological polar surface area (TPSA) is 98.2 Å². The first-order valence-corrected chi connectivity index (χ1v) is 7.52. The number of nitrogens with zero attached hydrogens (tertiary/aromatic N) is 2. The number of ketones is 1. The van der Waals surface area contributed by atoms with Gasteiger partial charge in [-0.1, -0.05) is 0 Å². The second kappa shape index (κ2) is 7.63. The molecule has 0 saturated heterocycles. The van der Waals surface area contributed by atoms with E-state index in [0.29, 0.717) is 16.6 Å². The molecule has 1 N–H and O–H groups in total. The highest BCUT2D eigenvalue weighted by molar-refractivity contribution is 5.99. The lowest BCUT2D eigenvalue weighted by Gasteiger charge is -2.07. The Labute approximate surface area is 139 Å². The zero-order valence-corrected chi connectivity index (χ0v) is 13.9. The van der Waals surface area contributed by atoms with Crippen LogP contribution in [-0.4, -0.2) is 41.3 Å². The number of amides is 1. The van der Waals surface area contributed by atoms with Gasteiger partial charge >= 0.3 is 5.97 Å². The molecule has 0 spiro atoms. The minimum Gasteiger partial charge on any atom is -0.469 e. The molecule has 24 heavy (non-hydrogen) atoms. The quantitative estimate of drug-likeness (QED) is 0.807. The first-order chi connectivity index (χ1) is 11.4. The van der Waals surface area contributed by atoms with Gasteiger partial charge in [-0.05, 0) is 32.0 Å². The van der Waals surface area contributed by atoms with Crippen molar-refractivity contribution in [1.82, 2.24) is 15.3 Å². The minimum absolute atomic E-state index is 0.00932. The van der Waals surface area contributed by atoms with Crippen molar-refractivity contribution in [3.05, 3.63) is 35.2 Å². The maximum Gasteiger partial charge on any atom is 0.305 e. The highest BCUT2D eigenvalue weighted by Gasteiger charge is 2.11. The number of carbonyl (C=O) groups excluding carboxylic acids is 3. The standard InChI is InChI=1S/C17H19N3O4/c1-10-11(2)20-15-8-12(4-6-14(15)19-10)17(23)18-9-13(21)5-7-16(22)24-3/h4,6,8H,5,7,9H2,1-3H3,(H,18,23). The van der Waals surface area contributed by atoms with Crippen molar-refractivity contribution in [3.8, 4) is 0 Å². The normalized spacial score (nSPS) is 10.5. The molecule has 0 fully saturated rings. The SMILES string of the molecule is COC(=O)CCC(=O)CNC(=O)c1ccc2nc(C)c(C)nc2c1. The Balaban J connectivity index is 1.99. The predicted octanol–water partition coefficient (Wildman–Crippen LogP) is 1.50. The van der Waals surface area contributed by atoms with Crippen LogP contribution in [0.4, 0.5) is 0 Å². The van der Waals surface area contributed by atoms with Crippen LogP contribution >= 0.6 is 0 Å². The van der Waals surface area contributed by atoms with E-state index in [0.717, 1.165) is 11.4 Å². The Morgan fingerprint density at radius 2 is 1.71 bits per heavy atom. The maximum absolute atomic E-state index is 12.1. The second-order valence-corrected chi connectivity index (χ2v) is 5.40. The molecule has 0 aliphatic heterocycles. The molecular formula is C17H19N3O4. The van der Waals surface area contributed by atoms with Crippen molar-refractivity contribution in [2.45, 2.75) is 26.7 Å². The number of fused-ring (bicyclic) bond motifs is 1. The van der Waals surface area contributed by atoms with Gasteiger partial charge in [0, 0.05) is 12.0 Å². The van der Waals surface area contributed by atoms with Gasteiger partial charge in [0.25, 0.3) is 5.91 Å². The van der Waals surface area contributed by atoms with Gasteiger partial charge in [0.05, 0.1) is 42.5 Å². The van der Waals surface area contributed by atoms with Crippen LogP contribution < -0.4 is 5.32 Å². The zero-order valence-electron chi connectivity index (χ0n) is 13.9. The smallest absolute Gasteiger partial charge is 0.305 e. The molecule has 7 nitrogen and oxygen atoms in total. The van der Waals surface area contributed by atoms with E-state index in [1.165, 1.54) is 7.11 Å². The fourth-order valence-electron chi connectivity index (χ4n) is 2.08. The third-order valence-electron chi connectivity index (χ3n) is 3.62. The molecule has 1 aromatic heterocycles. The van der Waals surface area contributed by atoms with Crippen LogP contribution in [0.2, 0.25) is 0 Å². The van der Waals surface area contributed by atoms with E-state index in [9.17, 15) is 14.4 Å². The van der Waals surface area contributed by atoms with Crippen molar-refractivity contribution in [1.29, 1.82) is 0 Å². The fraction of sp³-hybridized carbons (Fsp3) is 0.353. The summed E-state index contributed by atoms with van der Waals surface area (Å²) in [5.74, 6) is -1.06. The van der Waals surface area contributed by atoms with Crippen molar-refractivity contribution < 1.29 is 19.1 Å². The summed E-state index contributed by atoms with van der Waals surface area (Å²) in [6, 6.07) is 5.01. The van der Waals surface area contributed by atoms with Crippen LogP contribution in [0, 0.1) is 13.8 Å².